The van der Waals surface area contributed by atoms with E-state index in [0.717, 1.165) is 49.7 Å². The Hall–Kier alpha value is -2.08. The Balaban J connectivity index is 0.00000363. The van der Waals surface area contributed by atoms with Gasteiger partial charge in [0.25, 0.3) is 0 Å². The van der Waals surface area contributed by atoms with Crippen LogP contribution in [0.25, 0.3) is 0 Å². The van der Waals surface area contributed by atoms with Gasteiger partial charge in [0.15, 0.2) is 5.96 Å². The van der Waals surface area contributed by atoms with E-state index >= 15 is 0 Å². The zero-order valence-electron chi connectivity index (χ0n) is 18.3. The van der Waals surface area contributed by atoms with Gasteiger partial charge >= 0.3 is 6.18 Å². The van der Waals surface area contributed by atoms with Crippen LogP contribution in [0.5, 0.6) is 0 Å². The molecule has 3 rings (SSSR count). The molecule has 0 amide bonds. The summed E-state index contributed by atoms with van der Waals surface area (Å²) < 4.78 is 38.8. The van der Waals surface area contributed by atoms with Crippen LogP contribution in [-0.2, 0) is 19.3 Å². The number of benzene rings is 1. The first kappa shape index (κ1) is 26.2. The number of alkyl halides is 3. The zero-order chi connectivity index (χ0) is 22.3. The second-order valence-corrected chi connectivity index (χ2v) is 7.52. The van der Waals surface area contributed by atoms with Gasteiger partial charge in [-0.15, -0.1) is 24.0 Å². The molecule has 0 radical (unpaired) electrons. The maximum absolute atomic E-state index is 12.9. The maximum atomic E-state index is 12.9. The number of aromatic nitrogens is 1. The fourth-order valence-corrected chi connectivity index (χ4v) is 3.41. The topological polar surface area (TPSA) is 55.8 Å². The predicted molar refractivity (Wildman–Crippen MR) is 132 cm³/mol. The van der Waals surface area contributed by atoms with Gasteiger partial charge in [-0.2, -0.15) is 13.2 Å². The number of guanidine groups is 1. The van der Waals surface area contributed by atoms with E-state index in [9.17, 15) is 13.2 Å². The molecule has 0 spiro atoms. The fourth-order valence-electron chi connectivity index (χ4n) is 3.41. The second kappa shape index (κ2) is 12.2. The van der Waals surface area contributed by atoms with Crippen LogP contribution in [0.2, 0.25) is 0 Å². The molecule has 0 unspecified atom stereocenters. The summed E-state index contributed by atoms with van der Waals surface area (Å²) in [5, 5.41) is 6.43. The van der Waals surface area contributed by atoms with Crippen LogP contribution in [-0.4, -0.2) is 55.6 Å². The third-order valence-corrected chi connectivity index (χ3v) is 5.13. The molecule has 1 fully saturated rings. The Morgan fingerprint density at radius 3 is 2.53 bits per heavy atom. The minimum Gasteiger partial charge on any atom is -0.357 e. The molecule has 1 aliphatic heterocycles. The lowest BCUT2D eigenvalue weighted by atomic mass is 10.1. The molecule has 0 bridgehead atoms. The number of likely N-dealkylation sites (N-methyl/N-ethyl adjacent to an activating group) is 1. The van der Waals surface area contributed by atoms with Gasteiger partial charge in [-0.05, 0) is 37.7 Å². The predicted octanol–water partition coefficient (Wildman–Crippen LogP) is 3.73. The number of nitrogens with zero attached hydrogens (tertiary/aromatic N) is 4. The Labute approximate surface area is 204 Å². The van der Waals surface area contributed by atoms with Crippen molar-refractivity contribution in [1.82, 2.24) is 20.5 Å². The Morgan fingerprint density at radius 2 is 1.84 bits per heavy atom. The molecule has 32 heavy (non-hydrogen) atoms. The van der Waals surface area contributed by atoms with E-state index in [1.165, 1.54) is 6.07 Å². The molecule has 2 N–H and O–H groups in total. The molecule has 0 saturated carbocycles. The molecule has 0 atom stereocenters. The highest BCUT2D eigenvalue weighted by Gasteiger charge is 2.30. The number of pyridine rings is 1. The van der Waals surface area contributed by atoms with Gasteiger partial charge in [-0.1, -0.05) is 18.2 Å². The molecule has 10 heteroatoms. The zero-order valence-corrected chi connectivity index (χ0v) is 20.7. The smallest absolute Gasteiger partial charge is 0.357 e. The summed E-state index contributed by atoms with van der Waals surface area (Å²) in [6.45, 7) is 7.08. The molecule has 1 aliphatic rings. The molecule has 2 aromatic rings. The molecule has 1 aromatic carbocycles. The minimum absolute atomic E-state index is 0. The minimum atomic E-state index is -4.36. The number of anilines is 1. The lowest BCUT2D eigenvalue weighted by Gasteiger charge is -2.34. The van der Waals surface area contributed by atoms with Crippen LogP contribution < -0.4 is 15.5 Å². The van der Waals surface area contributed by atoms with E-state index in [4.69, 9.17) is 0 Å². The first-order valence-corrected chi connectivity index (χ1v) is 10.4. The van der Waals surface area contributed by atoms with Crippen LogP contribution in [0, 0.1) is 0 Å². The molecule has 2 heterocycles. The summed E-state index contributed by atoms with van der Waals surface area (Å²) in [5.41, 5.74) is 0.897. The molecule has 176 valence electrons. The quantitative estimate of drug-likeness (QED) is 0.320. The third kappa shape index (κ3) is 7.51. The van der Waals surface area contributed by atoms with E-state index in [1.807, 2.05) is 19.1 Å². The third-order valence-electron chi connectivity index (χ3n) is 5.13. The summed E-state index contributed by atoms with van der Waals surface area (Å²) in [5.74, 6) is 1.50. The van der Waals surface area contributed by atoms with E-state index in [-0.39, 0.29) is 30.5 Å². The largest absolute Gasteiger partial charge is 0.416 e. The molecular weight excluding hydrogens is 532 g/mol. The van der Waals surface area contributed by atoms with Gasteiger partial charge in [0.05, 0.1) is 12.1 Å². The van der Waals surface area contributed by atoms with Crippen molar-refractivity contribution in [2.24, 2.45) is 4.99 Å². The number of piperazine rings is 1. The number of nitrogens with one attached hydrogen (secondary N) is 2. The van der Waals surface area contributed by atoms with Crippen LogP contribution >= 0.6 is 24.0 Å². The lowest BCUT2D eigenvalue weighted by molar-refractivity contribution is -0.137. The Kier molecular flexibility index (Phi) is 10.0. The molecule has 0 aliphatic carbocycles. The van der Waals surface area contributed by atoms with Crippen molar-refractivity contribution < 1.29 is 13.2 Å². The van der Waals surface area contributed by atoms with Crippen molar-refractivity contribution in [2.45, 2.75) is 26.2 Å². The summed E-state index contributed by atoms with van der Waals surface area (Å²) in [4.78, 5) is 13.6. The lowest BCUT2D eigenvalue weighted by Crippen LogP contribution is -2.45. The van der Waals surface area contributed by atoms with Gasteiger partial charge in [-0.25, -0.2) is 9.98 Å². The number of hydrogen-bond acceptors (Lipinski definition) is 4. The Bertz CT molecular complexity index is 882. The van der Waals surface area contributed by atoms with Gasteiger partial charge in [0, 0.05) is 51.0 Å². The average Bonchev–Trinajstić information content (AvgIpc) is 2.76. The van der Waals surface area contributed by atoms with E-state index < -0.39 is 11.7 Å². The SMILES string of the molecule is CCNC(=NCc1cccc(C(F)(F)F)c1)NCc1cccnc1N1CCN(C)CC1.I. The molecule has 1 aromatic heterocycles. The summed E-state index contributed by atoms with van der Waals surface area (Å²) in [6.07, 6.45) is -2.56. The van der Waals surface area contributed by atoms with Crippen molar-refractivity contribution in [3.05, 3.63) is 59.3 Å². The number of rotatable bonds is 6. The Morgan fingerprint density at radius 1 is 1.09 bits per heavy atom. The maximum Gasteiger partial charge on any atom is 0.416 e. The number of hydrogen-bond donors (Lipinski definition) is 2. The highest BCUT2D eigenvalue weighted by molar-refractivity contribution is 14.0. The van der Waals surface area contributed by atoms with Crippen LogP contribution in [0.4, 0.5) is 19.0 Å². The molecule has 1 saturated heterocycles. The highest BCUT2D eigenvalue weighted by Crippen LogP contribution is 2.29. The van der Waals surface area contributed by atoms with E-state index in [2.05, 4.69) is 37.5 Å². The van der Waals surface area contributed by atoms with Crippen molar-refractivity contribution in [3.63, 3.8) is 0 Å². The first-order chi connectivity index (χ1) is 14.9. The monoisotopic (exact) mass is 562 g/mol. The first-order valence-electron chi connectivity index (χ1n) is 10.4. The summed E-state index contributed by atoms with van der Waals surface area (Å²) in [7, 11) is 2.11. The van der Waals surface area contributed by atoms with Crippen LogP contribution in [0.15, 0.2) is 47.6 Å². The van der Waals surface area contributed by atoms with Crippen LogP contribution in [0.1, 0.15) is 23.6 Å². The average molecular weight is 562 g/mol. The van der Waals surface area contributed by atoms with Gasteiger partial charge < -0.3 is 20.4 Å². The number of aliphatic imine (C=N–C) groups is 1. The van der Waals surface area contributed by atoms with Crippen LogP contribution in [0.3, 0.4) is 0 Å². The molecular formula is C22H30F3IN6. The van der Waals surface area contributed by atoms with E-state index in [0.29, 0.717) is 24.6 Å². The second-order valence-electron chi connectivity index (χ2n) is 7.52. The summed E-state index contributed by atoms with van der Waals surface area (Å²) >= 11 is 0. The van der Waals surface area contributed by atoms with Gasteiger partial charge in [-0.3, -0.25) is 0 Å². The van der Waals surface area contributed by atoms with Crippen molar-refractivity contribution in [3.8, 4) is 0 Å². The van der Waals surface area contributed by atoms with Gasteiger partial charge in [0.2, 0.25) is 0 Å². The molecule has 6 nitrogen and oxygen atoms in total. The van der Waals surface area contributed by atoms with Crippen molar-refractivity contribution in [1.29, 1.82) is 0 Å². The normalized spacial score (nSPS) is 15.3. The highest BCUT2D eigenvalue weighted by atomic mass is 127. The van der Waals surface area contributed by atoms with E-state index in [1.54, 1.807) is 12.3 Å². The number of halogens is 4. The summed E-state index contributed by atoms with van der Waals surface area (Å²) in [6, 6.07) is 9.20. The fraction of sp³-hybridized carbons (Fsp3) is 0.455. The van der Waals surface area contributed by atoms with Crippen molar-refractivity contribution in [2.75, 3.05) is 44.7 Å². The van der Waals surface area contributed by atoms with Gasteiger partial charge in [0.1, 0.15) is 5.82 Å². The standard InChI is InChI=1S/C22H29F3N6.HI/c1-3-26-21(28-15-17-6-4-8-19(14-17)22(23,24)25)29-16-18-7-5-9-27-20(18)31-12-10-30(2)11-13-31;/h4-9,14H,3,10-13,15-16H2,1-2H3,(H2,26,28,29);1H. The van der Waals surface area contributed by atoms with Crippen molar-refractivity contribution >= 4 is 35.8 Å².